The van der Waals surface area contributed by atoms with Crippen LogP contribution in [0.15, 0.2) is 36.4 Å². The van der Waals surface area contributed by atoms with Crippen molar-refractivity contribution in [3.8, 4) is 5.75 Å². The lowest BCUT2D eigenvalue weighted by molar-refractivity contribution is -0.124. The molecule has 4 nitrogen and oxygen atoms in total. The van der Waals surface area contributed by atoms with E-state index in [0.717, 1.165) is 0 Å². The number of imide groups is 1. The van der Waals surface area contributed by atoms with Gasteiger partial charge in [0.05, 0.1) is 17.5 Å². The van der Waals surface area contributed by atoms with Gasteiger partial charge in [0, 0.05) is 0 Å². The molecule has 1 aromatic rings. The second kappa shape index (κ2) is 3.56. The molecule has 4 heteroatoms. The van der Waals surface area contributed by atoms with Crippen molar-refractivity contribution in [3.05, 3.63) is 36.4 Å². The third-order valence-electron chi connectivity index (χ3n) is 5.77. The van der Waals surface area contributed by atoms with E-state index in [9.17, 15) is 14.7 Å². The van der Waals surface area contributed by atoms with Crippen LogP contribution in [-0.4, -0.2) is 16.9 Å². The smallest absolute Gasteiger partial charge is 0.238 e. The zero-order valence-corrected chi connectivity index (χ0v) is 11.3. The van der Waals surface area contributed by atoms with E-state index in [1.807, 2.05) is 0 Å². The number of rotatable bonds is 1. The number of amides is 2. The van der Waals surface area contributed by atoms with Crippen LogP contribution in [0, 0.1) is 35.5 Å². The standard InChI is InChI=1S/C17H15NO3/c19-9-3-1-8(2-4-9)18-16(20)14-10-5-6-11(13-7-12(10)13)15(14)17(18)21/h1-6,10-15,19H,7H2/t10-,11-,12-,13+,14+,15+/m0/s1. The van der Waals surface area contributed by atoms with Crippen LogP contribution >= 0.6 is 0 Å². The third kappa shape index (κ3) is 1.30. The van der Waals surface area contributed by atoms with Crippen molar-refractivity contribution in [2.24, 2.45) is 35.5 Å². The minimum atomic E-state index is -0.162. The molecular weight excluding hydrogens is 266 g/mol. The Morgan fingerprint density at radius 3 is 1.95 bits per heavy atom. The fourth-order valence-corrected chi connectivity index (χ4v) is 4.81. The van der Waals surface area contributed by atoms with E-state index in [0.29, 0.717) is 17.5 Å². The van der Waals surface area contributed by atoms with Gasteiger partial charge in [0.15, 0.2) is 0 Å². The van der Waals surface area contributed by atoms with Crippen molar-refractivity contribution in [1.82, 2.24) is 0 Å². The molecule has 0 spiro atoms. The number of anilines is 1. The third-order valence-corrected chi connectivity index (χ3v) is 5.77. The van der Waals surface area contributed by atoms with Crippen LogP contribution in [-0.2, 0) is 9.59 Å². The van der Waals surface area contributed by atoms with Gasteiger partial charge in [-0.2, -0.15) is 0 Å². The summed E-state index contributed by atoms with van der Waals surface area (Å²) in [6.45, 7) is 0. The van der Waals surface area contributed by atoms with Crippen molar-refractivity contribution >= 4 is 17.5 Å². The number of hydrogen-bond donors (Lipinski definition) is 1. The number of carbonyl (C=O) groups excluding carboxylic acids is 2. The first-order valence-corrected chi connectivity index (χ1v) is 7.52. The highest BCUT2D eigenvalue weighted by Crippen LogP contribution is 2.65. The minimum absolute atomic E-state index is 0.0552. The van der Waals surface area contributed by atoms with Crippen molar-refractivity contribution in [2.45, 2.75) is 6.42 Å². The van der Waals surface area contributed by atoms with Gasteiger partial charge in [0.1, 0.15) is 5.75 Å². The van der Waals surface area contributed by atoms with Crippen molar-refractivity contribution < 1.29 is 14.7 Å². The first-order valence-electron chi connectivity index (χ1n) is 7.52. The van der Waals surface area contributed by atoms with Crippen LogP contribution in [0.4, 0.5) is 5.69 Å². The molecule has 2 saturated carbocycles. The van der Waals surface area contributed by atoms with E-state index in [-0.39, 0.29) is 41.2 Å². The van der Waals surface area contributed by atoms with Gasteiger partial charge < -0.3 is 5.11 Å². The Hall–Kier alpha value is -2.10. The molecular formula is C17H15NO3. The molecule has 5 aliphatic rings. The van der Waals surface area contributed by atoms with Crippen LogP contribution in [0.3, 0.4) is 0 Å². The van der Waals surface area contributed by atoms with Gasteiger partial charge >= 0.3 is 0 Å². The lowest BCUT2D eigenvalue weighted by atomic mass is 9.63. The van der Waals surface area contributed by atoms with Gasteiger partial charge in [-0.1, -0.05) is 12.2 Å². The Morgan fingerprint density at radius 2 is 1.43 bits per heavy atom. The monoisotopic (exact) mass is 281 g/mol. The zero-order chi connectivity index (χ0) is 14.3. The Labute approximate surface area is 122 Å². The maximum Gasteiger partial charge on any atom is 0.238 e. The van der Waals surface area contributed by atoms with Crippen LogP contribution in [0.25, 0.3) is 0 Å². The minimum Gasteiger partial charge on any atom is -0.508 e. The molecule has 1 aromatic carbocycles. The summed E-state index contributed by atoms with van der Waals surface area (Å²) in [5.74, 6) is 1.46. The fourth-order valence-electron chi connectivity index (χ4n) is 4.81. The zero-order valence-electron chi connectivity index (χ0n) is 11.3. The molecule has 6 rings (SSSR count). The summed E-state index contributed by atoms with van der Waals surface area (Å²) < 4.78 is 0. The van der Waals surface area contributed by atoms with Crippen molar-refractivity contribution in [2.75, 3.05) is 4.90 Å². The highest BCUT2D eigenvalue weighted by molar-refractivity contribution is 6.22. The molecule has 6 atom stereocenters. The van der Waals surface area contributed by atoms with Crippen molar-refractivity contribution in [1.29, 1.82) is 0 Å². The molecule has 2 amide bonds. The molecule has 106 valence electrons. The summed E-state index contributed by atoms with van der Waals surface area (Å²) in [5, 5.41) is 9.37. The first kappa shape index (κ1) is 11.5. The SMILES string of the molecule is O=C1[C@@H]2[C@H]3C=C[C@@H]([C@@H]4C[C@H]34)[C@H]2C(=O)N1c1ccc(O)cc1. The van der Waals surface area contributed by atoms with Gasteiger partial charge in [-0.3, -0.25) is 14.5 Å². The van der Waals surface area contributed by atoms with Crippen LogP contribution < -0.4 is 4.90 Å². The molecule has 1 saturated heterocycles. The summed E-state index contributed by atoms with van der Waals surface area (Å²) in [5.41, 5.74) is 0.574. The largest absolute Gasteiger partial charge is 0.508 e. The molecule has 0 aromatic heterocycles. The Kier molecular flexibility index (Phi) is 1.96. The molecule has 4 aliphatic carbocycles. The first-order chi connectivity index (χ1) is 10.2. The molecule has 3 fully saturated rings. The molecule has 1 aliphatic heterocycles. The Bertz CT molecular complexity index is 656. The number of allylic oxidation sites excluding steroid dienone is 2. The maximum absolute atomic E-state index is 12.8. The highest BCUT2D eigenvalue weighted by atomic mass is 16.3. The average molecular weight is 281 g/mol. The lowest BCUT2D eigenvalue weighted by Crippen LogP contribution is -2.40. The van der Waals surface area contributed by atoms with E-state index in [1.165, 1.54) is 23.5 Å². The molecule has 0 radical (unpaired) electrons. The topological polar surface area (TPSA) is 57.6 Å². The Balaban J connectivity index is 1.58. The second-order valence-electron chi connectivity index (χ2n) is 6.68. The Morgan fingerprint density at radius 1 is 0.905 bits per heavy atom. The van der Waals surface area contributed by atoms with Crippen molar-refractivity contribution in [3.63, 3.8) is 0 Å². The maximum atomic E-state index is 12.8. The van der Waals surface area contributed by atoms with E-state index in [1.54, 1.807) is 12.1 Å². The van der Waals surface area contributed by atoms with Crippen LogP contribution in [0.2, 0.25) is 0 Å². The second-order valence-corrected chi connectivity index (χ2v) is 6.68. The number of hydrogen-bond acceptors (Lipinski definition) is 3. The summed E-state index contributed by atoms with van der Waals surface area (Å²) in [7, 11) is 0. The molecule has 1 N–H and O–H groups in total. The quantitative estimate of drug-likeness (QED) is 0.632. The van der Waals surface area contributed by atoms with Gasteiger partial charge in [0.2, 0.25) is 11.8 Å². The summed E-state index contributed by atoms with van der Waals surface area (Å²) in [4.78, 5) is 26.9. The fraction of sp³-hybridized carbons (Fsp3) is 0.412. The molecule has 21 heavy (non-hydrogen) atoms. The number of phenolic OH excluding ortho intramolecular Hbond substituents is 1. The number of carbonyl (C=O) groups is 2. The summed E-state index contributed by atoms with van der Waals surface area (Å²) in [6.07, 6.45) is 5.52. The van der Waals surface area contributed by atoms with E-state index in [2.05, 4.69) is 12.2 Å². The van der Waals surface area contributed by atoms with Gasteiger partial charge in [-0.25, -0.2) is 0 Å². The number of phenols is 1. The average Bonchev–Trinajstić information content (AvgIpc) is 3.26. The molecule has 2 bridgehead atoms. The van der Waals surface area contributed by atoms with Gasteiger partial charge in [-0.05, 0) is 54.4 Å². The van der Waals surface area contributed by atoms with Crippen LogP contribution in [0.1, 0.15) is 6.42 Å². The predicted octanol–water partition coefficient (Wildman–Crippen LogP) is 1.95. The lowest BCUT2D eigenvalue weighted by Gasteiger charge is -2.37. The normalized spacial score (nSPS) is 42.2. The van der Waals surface area contributed by atoms with Crippen LogP contribution in [0.5, 0.6) is 5.75 Å². The predicted molar refractivity (Wildman–Crippen MR) is 75.3 cm³/mol. The van der Waals surface area contributed by atoms with Gasteiger partial charge in [-0.15, -0.1) is 0 Å². The summed E-state index contributed by atoms with van der Waals surface area (Å²) in [6, 6.07) is 6.31. The molecule has 1 heterocycles. The highest BCUT2D eigenvalue weighted by Gasteiger charge is 2.67. The van der Waals surface area contributed by atoms with E-state index < -0.39 is 0 Å². The molecule has 0 unspecified atom stereocenters. The number of nitrogens with zero attached hydrogens (tertiary/aromatic N) is 1. The number of benzene rings is 1. The van der Waals surface area contributed by atoms with Gasteiger partial charge in [0.25, 0.3) is 0 Å². The van der Waals surface area contributed by atoms with E-state index >= 15 is 0 Å². The number of aromatic hydroxyl groups is 1. The van der Waals surface area contributed by atoms with E-state index in [4.69, 9.17) is 0 Å². The summed E-state index contributed by atoms with van der Waals surface area (Å²) >= 11 is 0.